The van der Waals surface area contributed by atoms with E-state index in [1.807, 2.05) is 11.3 Å². The third kappa shape index (κ3) is 2.10. The average Bonchev–Trinajstić information content (AvgIpc) is 2.86. The van der Waals surface area contributed by atoms with Crippen molar-refractivity contribution in [2.75, 3.05) is 5.32 Å². The molecule has 0 aromatic carbocycles. The molecule has 4 heteroatoms. The highest BCUT2D eigenvalue weighted by atomic mass is 32.1. The molecule has 4 rings (SSSR count). The highest BCUT2D eigenvalue weighted by molar-refractivity contribution is 7.19. The maximum absolute atomic E-state index is 4.54. The average molecular weight is 287 g/mol. The molecular weight excluding hydrogens is 266 g/mol. The number of hydrogen-bond donors (Lipinski definition) is 1. The number of nitrogens with zero attached hydrogens (tertiary/aromatic N) is 2. The lowest BCUT2D eigenvalue weighted by Crippen LogP contribution is -2.07. The number of hydrogen-bond acceptors (Lipinski definition) is 4. The van der Waals surface area contributed by atoms with Gasteiger partial charge in [-0.1, -0.05) is 19.8 Å². The van der Waals surface area contributed by atoms with Crippen molar-refractivity contribution in [2.24, 2.45) is 5.92 Å². The Morgan fingerprint density at radius 1 is 1.35 bits per heavy atom. The normalized spacial score (nSPS) is 24.1. The molecule has 2 aromatic heterocycles. The molecule has 2 aliphatic rings. The van der Waals surface area contributed by atoms with Crippen LogP contribution in [0.15, 0.2) is 6.33 Å². The van der Waals surface area contributed by atoms with Crippen LogP contribution in [0.5, 0.6) is 0 Å². The van der Waals surface area contributed by atoms with E-state index in [1.54, 1.807) is 11.2 Å². The van der Waals surface area contributed by atoms with Gasteiger partial charge < -0.3 is 5.32 Å². The summed E-state index contributed by atoms with van der Waals surface area (Å²) in [6.07, 6.45) is 10.8. The SMILES string of the molecule is CCCCC1C[C@H]1Nc1ncnc2sc3c(c12)CCC3. The van der Waals surface area contributed by atoms with E-state index in [0.717, 1.165) is 11.7 Å². The molecular formula is C16H21N3S. The molecule has 0 aliphatic heterocycles. The second-order valence-corrected chi connectivity index (χ2v) is 7.23. The van der Waals surface area contributed by atoms with Crippen molar-refractivity contribution in [2.45, 2.75) is 57.9 Å². The Hall–Kier alpha value is -1.16. The number of aromatic nitrogens is 2. The molecule has 1 unspecified atom stereocenters. The molecule has 2 heterocycles. The fourth-order valence-corrected chi connectivity index (χ4v) is 4.65. The van der Waals surface area contributed by atoms with Gasteiger partial charge in [0.25, 0.3) is 0 Å². The summed E-state index contributed by atoms with van der Waals surface area (Å²) in [7, 11) is 0. The van der Waals surface area contributed by atoms with Crippen molar-refractivity contribution in [3.8, 4) is 0 Å². The van der Waals surface area contributed by atoms with E-state index in [1.165, 1.54) is 60.7 Å². The lowest BCUT2D eigenvalue weighted by molar-refractivity contribution is 0.644. The number of fused-ring (bicyclic) bond motifs is 3. The van der Waals surface area contributed by atoms with Crippen LogP contribution in [0.4, 0.5) is 5.82 Å². The summed E-state index contributed by atoms with van der Waals surface area (Å²) in [5, 5.41) is 5.01. The van der Waals surface area contributed by atoms with Gasteiger partial charge in [-0.2, -0.15) is 0 Å². The highest BCUT2D eigenvalue weighted by Crippen LogP contribution is 2.42. The van der Waals surface area contributed by atoms with E-state index in [2.05, 4.69) is 22.2 Å². The Balaban J connectivity index is 1.58. The zero-order valence-electron chi connectivity index (χ0n) is 12.0. The fourth-order valence-electron chi connectivity index (χ4n) is 3.42. The second kappa shape index (κ2) is 4.99. The Bertz CT molecular complexity index is 634. The summed E-state index contributed by atoms with van der Waals surface area (Å²) in [6.45, 7) is 2.27. The van der Waals surface area contributed by atoms with Crippen molar-refractivity contribution >= 4 is 27.4 Å². The quantitative estimate of drug-likeness (QED) is 0.897. The highest BCUT2D eigenvalue weighted by Gasteiger charge is 2.37. The first kappa shape index (κ1) is 12.6. The lowest BCUT2D eigenvalue weighted by atomic mass is 10.1. The number of unbranched alkanes of at least 4 members (excludes halogenated alkanes) is 1. The van der Waals surface area contributed by atoms with Crippen LogP contribution in [0.1, 0.15) is 49.5 Å². The molecule has 0 bridgehead atoms. The van der Waals surface area contributed by atoms with Gasteiger partial charge in [0.1, 0.15) is 17.0 Å². The summed E-state index contributed by atoms with van der Waals surface area (Å²) < 4.78 is 0. The van der Waals surface area contributed by atoms with Crippen molar-refractivity contribution in [3.05, 3.63) is 16.8 Å². The molecule has 2 aromatic rings. The maximum Gasteiger partial charge on any atom is 0.138 e. The van der Waals surface area contributed by atoms with E-state index >= 15 is 0 Å². The second-order valence-electron chi connectivity index (χ2n) is 6.15. The van der Waals surface area contributed by atoms with Crippen LogP contribution in [-0.4, -0.2) is 16.0 Å². The molecule has 2 atom stereocenters. The monoisotopic (exact) mass is 287 g/mol. The largest absolute Gasteiger partial charge is 0.366 e. The Morgan fingerprint density at radius 3 is 3.20 bits per heavy atom. The van der Waals surface area contributed by atoms with Gasteiger partial charge in [0.2, 0.25) is 0 Å². The van der Waals surface area contributed by atoms with Gasteiger partial charge in [-0.15, -0.1) is 11.3 Å². The zero-order valence-corrected chi connectivity index (χ0v) is 12.8. The summed E-state index contributed by atoms with van der Waals surface area (Å²) in [5.74, 6) is 1.96. The first-order valence-corrected chi connectivity index (χ1v) is 8.70. The maximum atomic E-state index is 4.54. The molecule has 1 saturated carbocycles. The van der Waals surface area contributed by atoms with Crippen LogP contribution in [0.25, 0.3) is 10.2 Å². The minimum absolute atomic E-state index is 0.650. The van der Waals surface area contributed by atoms with E-state index in [0.29, 0.717) is 6.04 Å². The van der Waals surface area contributed by atoms with Crippen LogP contribution < -0.4 is 5.32 Å². The van der Waals surface area contributed by atoms with Gasteiger partial charge in [-0.25, -0.2) is 9.97 Å². The van der Waals surface area contributed by atoms with Gasteiger partial charge in [-0.3, -0.25) is 0 Å². The Kier molecular flexibility index (Phi) is 3.14. The van der Waals surface area contributed by atoms with Gasteiger partial charge in [0, 0.05) is 10.9 Å². The molecule has 1 fully saturated rings. The topological polar surface area (TPSA) is 37.8 Å². The third-order valence-electron chi connectivity index (χ3n) is 4.67. The van der Waals surface area contributed by atoms with Crippen molar-refractivity contribution in [1.29, 1.82) is 0 Å². The summed E-state index contributed by atoms with van der Waals surface area (Å²) in [4.78, 5) is 11.7. The Labute approximate surface area is 123 Å². The van der Waals surface area contributed by atoms with E-state index in [4.69, 9.17) is 0 Å². The first-order chi connectivity index (χ1) is 9.86. The lowest BCUT2D eigenvalue weighted by Gasteiger charge is -2.07. The number of anilines is 1. The fraction of sp³-hybridized carbons (Fsp3) is 0.625. The van der Waals surface area contributed by atoms with E-state index in [9.17, 15) is 0 Å². The standard InChI is InChI=1S/C16H21N3S/c1-2-3-5-10-8-12(10)19-15-14-11-6-4-7-13(11)20-16(14)18-9-17-15/h9-10,12H,2-8H2,1H3,(H,17,18,19)/t10?,12-/m1/s1. The molecule has 1 N–H and O–H groups in total. The molecule has 0 saturated heterocycles. The molecule has 0 radical (unpaired) electrons. The summed E-state index contributed by atoms with van der Waals surface area (Å²) in [5.41, 5.74) is 1.53. The first-order valence-electron chi connectivity index (χ1n) is 7.88. The van der Waals surface area contributed by atoms with Crippen molar-refractivity contribution in [1.82, 2.24) is 9.97 Å². The van der Waals surface area contributed by atoms with Gasteiger partial charge in [-0.05, 0) is 43.6 Å². The smallest absolute Gasteiger partial charge is 0.138 e. The van der Waals surface area contributed by atoms with Gasteiger partial charge in [0.15, 0.2) is 0 Å². The number of rotatable bonds is 5. The van der Waals surface area contributed by atoms with Crippen LogP contribution in [0.3, 0.4) is 0 Å². The Morgan fingerprint density at radius 2 is 2.30 bits per heavy atom. The number of aryl methyl sites for hydroxylation is 2. The number of nitrogens with one attached hydrogen (secondary N) is 1. The zero-order chi connectivity index (χ0) is 13.5. The van der Waals surface area contributed by atoms with Crippen LogP contribution in [0.2, 0.25) is 0 Å². The van der Waals surface area contributed by atoms with Gasteiger partial charge >= 0.3 is 0 Å². The molecule has 0 amide bonds. The molecule has 20 heavy (non-hydrogen) atoms. The van der Waals surface area contributed by atoms with Crippen molar-refractivity contribution in [3.63, 3.8) is 0 Å². The molecule has 3 nitrogen and oxygen atoms in total. The van der Waals surface area contributed by atoms with Crippen molar-refractivity contribution < 1.29 is 0 Å². The number of thiophene rings is 1. The third-order valence-corrected chi connectivity index (χ3v) is 5.87. The summed E-state index contributed by atoms with van der Waals surface area (Å²) in [6, 6.07) is 0.650. The van der Waals surface area contributed by atoms with E-state index in [-0.39, 0.29) is 0 Å². The summed E-state index contributed by atoms with van der Waals surface area (Å²) >= 11 is 1.87. The minimum Gasteiger partial charge on any atom is -0.366 e. The predicted octanol–water partition coefficient (Wildman–Crippen LogP) is 4.17. The molecule has 2 aliphatic carbocycles. The van der Waals surface area contributed by atoms with E-state index < -0.39 is 0 Å². The van der Waals surface area contributed by atoms with Gasteiger partial charge in [0.05, 0.1) is 5.39 Å². The van der Waals surface area contributed by atoms with Crippen LogP contribution >= 0.6 is 11.3 Å². The minimum atomic E-state index is 0.650. The molecule has 0 spiro atoms. The van der Waals surface area contributed by atoms with Crippen LogP contribution in [-0.2, 0) is 12.8 Å². The predicted molar refractivity (Wildman–Crippen MR) is 84.5 cm³/mol. The van der Waals surface area contributed by atoms with Crippen LogP contribution in [0, 0.1) is 5.92 Å². The molecule has 106 valence electrons.